The molecule has 6 nitrogen and oxygen atoms in total. The van der Waals surface area contributed by atoms with Crippen molar-refractivity contribution in [3.8, 4) is 0 Å². The first-order valence-corrected chi connectivity index (χ1v) is 8.97. The van der Waals surface area contributed by atoms with Crippen molar-refractivity contribution in [2.24, 2.45) is 11.8 Å². The highest BCUT2D eigenvalue weighted by Crippen LogP contribution is 2.25. The molecule has 0 aliphatic carbocycles. The standard InChI is InChI=1S/C21H22N2O4/c1-15-12-23(21(26)27-14-16-7-3-2-4-8-16)13-20(25)17(15)11-19(24)18-9-5-6-10-22-18/h2-10,15,17H,11-14H2,1H3. The van der Waals surface area contributed by atoms with E-state index in [9.17, 15) is 14.4 Å². The smallest absolute Gasteiger partial charge is 0.410 e. The summed E-state index contributed by atoms with van der Waals surface area (Å²) in [6.45, 7) is 2.41. The Bertz CT molecular complexity index is 807. The maximum atomic E-state index is 12.5. The molecule has 2 atom stereocenters. The summed E-state index contributed by atoms with van der Waals surface area (Å²) in [4.78, 5) is 42.6. The molecule has 2 aromatic rings. The van der Waals surface area contributed by atoms with Crippen molar-refractivity contribution in [3.05, 3.63) is 66.0 Å². The van der Waals surface area contributed by atoms with Gasteiger partial charge in [0.1, 0.15) is 12.3 Å². The molecule has 1 aliphatic heterocycles. The van der Waals surface area contributed by atoms with Crippen LogP contribution < -0.4 is 0 Å². The third-order valence-electron chi connectivity index (χ3n) is 4.77. The van der Waals surface area contributed by atoms with Gasteiger partial charge in [-0.15, -0.1) is 0 Å². The Morgan fingerprint density at radius 1 is 1.15 bits per heavy atom. The van der Waals surface area contributed by atoms with Gasteiger partial charge in [-0.25, -0.2) is 4.79 Å². The summed E-state index contributed by atoms with van der Waals surface area (Å²) in [7, 11) is 0. The van der Waals surface area contributed by atoms with E-state index in [1.165, 1.54) is 4.90 Å². The lowest BCUT2D eigenvalue weighted by molar-refractivity contribution is -0.128. The van der Waals surface area contributed by atoms with Gasteiger partial charge in [-0.05, 0) is 23.6 Å². The molecule has 1 aromatic carbocycles. The molecule has 0 spiro atoms. The predicted octanol–water partition coefficient (Wildman–Crippen LogP) is 3.13. The van der Waals surface area contributed by atoms with E-state index in [0.717, 1.165) is 5.56 Å². The maximum absolute atomic E-state index is 12.5. The van der Waals surface area contributed by atoms with Crippen LogP contribution in [0.3, 0.4) is 0 Å². The zero-order valence-corrected chi connectivity index (χ0v) is 15.2. The highest BCUT2D eigenvalue weighted by molar-refractivity contribution is 5.98. The minimum Gasteiger partial charge on any atom is -0.445 e. The number of hydrogen-bond donors (Lipinski definition) is 0. The number of likely N-dealkylation sites (tertiary alicyclic amines) is 1. The molecule has 2 heterocycles. The summed E-state index contributed by atoms with van der Waals surface area (Å²) in [5, 5.41) is 0. The molecule has 1 aromatic heterocycles. The highest BCUT2D eigenvalue weighted by Gasteiger charge is 2.37. The van der Waals surface area contributed by atoms with Crippen LogP contribution in [0.5, 0.6) is 0 Å². The molecule has 6 heteroatoms. The van der Waals surface area contributed by atoms with Crippen LogP contribution in [-0.4, -0.2) is 40.6 Å². The summed E-state index contributed by atoms with van der Waals surface area (Å²) in [6, 6.07) is 14.5. The van der Waals surface area contributed by atoms with Crippen LogP contribution in [0.1, 0.15) is 29.4 Å². The fraction of sp³-hybridized carbons (Fsp3) is 0.333. The molecule has 27 heavy (non-hydrogen) atoms. The Morgan fingerprint density at radius 3 is 2.56 bits per heavy atom. The van der Waals surface area contributed by atoms with Gasteiger partial charge < -0.3 is 9.64 Å². The normalized spacial score (nSPS) is 19.6. The third-order valence-corrected chi connectivity index (χ3v) is 4.77. The zero-order chi connectivity index (χ0) is 19.2. The van der Waals surface area contributed by atoms with E-state index in [4.69, 9.17) is 4.74 Å². The average Bonchev–Trinajstić information content (AvgIpc) is 2.70. The largest absolute Gasteiger partial charge is 0.445 e. The van der Waals surface area contributed by atoms with Gasteiger partial charge in [0.2, 0.25) is 0 Å². The Hall–Kier alpha value is -3.02. The molecule has 1 amide bonds. The van der Waals surface area contributed by atoms with Crippen molar-refractivity contribution in [3.63, 3.8) is 0 Å². The Kier molecular flexibility index (Phi) is 5.96. The van der Waals surface area contributed by atoms with Crippen LogP contribution in [0.15, 0.2) is 54.7 Å². The van der Waals surface area contributed by atoms with Crippen molar-refractivity contribution >= 4 is 17.7 Å². The molecule has 140 valence electrons. The average molecular weight is 366 g/mol. The monoisotopic (exact) mass is 366 g/mol. The number of carbonyl (C=O) groups excluding carboxylic acids is 3. The summed E-state index contributed by atoms with van der Waals surface area (Å²) < 4.78 is 5.31. The number of Topliss-reactive ketones (excluding diaryl/α,β-unsaturated/α-hetero) is 2. The number of ether oxygens (including phenoxy) is 1. The fourth-order valence-corrected chi connectivity index (χ4v) is 3.26. The summed E-state index contributed by atoms with van der Waals surface area (Å²) in [5.74, 6) is -0.795. The van der Waals surface area contributed by atoms with E-state index in [1.807, 2.05) is 37.3 Å². The molecular formula is C21H22N2O4. The Morgan fingerprint density at radius 2 is 1.89 bits per heavy atom. The van der Waals surface area contributed by atoms with Crippen LogP contribution >= 0.6 is 0 Å². The lowest BCUT2D eigenvalue weighted by Gasteiger charge is -2.34. The van der Waals surface area contributed by atoms with Gasteiger partial charge in [-0.1, -0.05) is 43.3 Å². The second kappa shape index (κ2) is 8.58. The minimum atomic E-state index is -0.506. The van der Waals surface area contributed by atoms with Crippen LogP contribution in [0.4, 0.5) is 4.79 Å². The van der Waals surface area contributed by atoms with Gasteiger partial charge in [-0.3, -0.25) is 14.6 Å². The first kappa shape index (κ1) is 18.8. The van der Waals surface area contributed by atoms with Crippen molar-refractivity contribution in [2.75, 3.05) is 13.1 Å². The van der Waals surface area contributed by atoms with E-state index in [2.05, 4.69) is 4.98 Å². The lowest BCUT2D eigenvalue weighted by atomic mass is 9.82. The Balaban J connectivity index is 1.55. The van der Waals surface area contributed by atoms with Crippen LogP contribution in [0, 0.1) is 11.8 Å². The summed E-state index contributed by atoms with van der Waals surface area (Å²) in [5.41, 5.74) is 1.25. The molecule has 1 aliphatic rings. The number of pyridine rings is 1. The molecule has 3 rings (SSSR count). The van der Waals surface area contributed by atoms with Crippen molar-refractivity contribution in [1.82, 2.24) is 9.88 Å². The van der Waals surface area contributed by atoms with Gasteiger partial charge in [0.15, 0.2) is 11.6 Å². The first-order chi connectivity index (χ1) is 13.0. The minimum absolute atomic E-state index is 0.0296. The molecular weight excluding hydrogens is 344 g/mol. The molecule has 0 N–H and O–H groups in total. The molecule has 1 fully saturated rings. The van der Waals surface area contributed by atoms with Gasteiger partial charge in [0.25, 0.3) is 0 Å². The van der Waals surface area contributed by atoms with Gasteiger partial charge >= 0.3 is 6.09 Å². The van der Waals surface area contributed by atoms with Gasteiger partial charge in [-0.2, -0.15) is 0 Å². The number of carbonyl (C=O) groups is 3. The first-order valence-electron chi connectivity index (χ1n) is 8.97. The van der Waals surface area contributed by atoms with E-state index in [1.54, 1.807) is 24.4 Å². The molecule has 2 unspecified atom stereocenters. The molecule has 1 saturated heterocycles. The van der Waals surface area contributed by atoms with E-state index < -0.39 is 12.0 Å². The molecule has 0 bridgehead atoms. The quantitative estimate of drug-likeness (QED) is 0.760. The number of amides is 1. The summed E-state index contributed by atoms with van der Waals surface area (Å²) in [6.07, 6.45) is 1.17. The fourth-order valence-electron chi connectivity index (χ4n) is 3.26. The number of aromatic nitrogens is 1. The van der Waals surface area contributed by atoms with Gasteiger partial charge in [0, 0.05) is 25.1 Å². The number of nitrogens with zero attached hydrogens (tertiary/aromatic N) is 2. The van der Waals surface area contributed by atoms with Crippen molar-refractivity contribution in [2.45, 2.75) is 20.0 Å². The van der Waals surface area contributed by atoms with Crippen LogP contribution in [0.25, 0.3) is 0 Å². The van der Waals surface area contributed by atoms with E-state index in [0.29, 0.717) is 12.2 Å². The number of rotatable bonds is 5. The second-order valence-electron chi connectivity index (χ2n) is 6.81. The molecule has 0 radical (unpaired) electrons. The molecule has 0 saturated carbocycles. The number of benzene rings is 1. The lowest BCUT2D eigenvalue weighted by Crippen LogP contribution is -2.49. The van der Waals surface area contributed by atoms with E-state index >= 15 is 0 Å². The third kappa shape index (κ3) is 4.78. The van der Waals surface area contributed by atoms with E-state index in [-0.39, 0.29) is 37.1 Å². The highest BCUT2D eigenvalue weighted by atomic mass is 16.6. The topological polar surface area (TPSA) is 76.6 Å². The zero-order valence-electron chi connectivity index (χ0n) is 15.2. The number of piperidine rings is 1. The number of ketones is 2. The van der Waals surface area contributed by atoms with Crippen molar-refractivity contribution in [1.29, 1.82) is 0 Å². The van der Waals surface area contributed by atoms with Crippen LogP contribution in [0.2, 0.25) is 0 Å². The number of hydrogen-bond acceptors (Lipinski definition) is 5. The SMILES string of the molecule is CC1CN(C(=O)OCc2ccccc2)CC(=O)C1CC(=O)c1ccccn1. The van der Waals surface area contributed by atoms with Gasteiger partial charge in [0.05, 0.1) is 6.54 Å². The summed E-state index contributed by atoms with van der Waals surface area (Å²) >= 11 is 0. The van der Waals surface area contributed by atoms with Crippen molar-refractivity contribution < 1.29 is 19.1 Å². The predicted molar refractivity (Wildman–Crippen MR) is 99.0 cm³/mol. The second-order valence-corrected chi connectivity index (χ2v) is 6.81. The Labute approximate surface area is 158 Å². The maximum Gasteiger partial charge on any atom is 0.410 e. The van der Waals surface area contributed by atoms with Crippen LogP contribution in [-0.2, 0) is 16.1 Å².